The molecule has 2 nitrogen and oxygen atoms in total. The minimum Gasteiger partial charge on any atom is -0.318 e. The smallest absolute Gasteiger partial charge is 0.0223 e. The van der Waals surface area contributed by atoms with Crippen LogP contribution in [0.2, 0.25) is 0 Å². The van der Waals surface area contributed by atoms with Crippen molar-refractivity contribution in [2.45, 2.75) is 59.5 Å². The Balaban J connectivity index is 4.37. The Morgan fingerprint density at radius 1 is 1.13 bits per heavy atom. The van der Waals surface area contributed by atoms with Gasteiger partial charge in [-0.3, -0.25) is 4.90 Å². The molecule has 1 atom stereocenters. The first-order valence-electron chi connectivity index (χ1n) is 6.43. The Hall–Kier alpha value is -0.0800. The molecule has 0 aromatic rings. The molecule has 0 amide bonds. The van der Waals surface area contributed by atoms with Crippen molar-refractivity contribution >= 4 is 0 Å². The summed E-state index contributed by atoms with van der Waals surface area (Å²) >= 11 is 0. The molecule has 0 saturated carbocycles. The Morgan fingerprint density at radius 3 is 2.07 bits per heavy atom. The van der Waals surface area contributed by atoms with Crippen LogP contribution >= 0.6 is 0 Å². The molecule has 2 heteroatoms. The highest BCUT2D eigenvalue weighted by Crippen LogP contribution is 2.13. The van der Waals surface area contributed by atoms with E-state index in [1.165, 1.54) is 19.4 Å². The van der Waals surface area contributed by atoms with Gasteiger partial charge in [-0.2, -0.15) is 0 Å². The topological polar surface area (TPSA) is 15.3 Å². The van der Waals surface area contributed by atoms with Crippen LogP contribution in [0.4, 0.5) is 0 Å². The first-order valence-corrected chi connectivity index (χ1v) is 6.43. The molecule has 0 rings (SSSR count). The number of hydrogen-bond donors (Lipinski definition) is 1. The fourth-order valence-electron chi connectivity index (χ4n) is 2.16. The maximum atomic E-state index is 3.32. The quantitative estimate of drug-likeness (QED) is 0.668. The van der Waals surface area contributed by atoms with Crippen molar-refractivity contribution < 1.29 is 0 Å². The third-order valence-corrected chi connectivity index (χ3v) is 2.77. The van der Waals surface area contributed by atoms with Crippen LogP contribution in [0.15, 0.2) is 0 Å². The first-order chi connectivity index (χ1) is 7.02. The van der Waals surface area contributed by atoms with Crippen LogP contribution in [0.1, 0.15) is 47.5 Å². The number of rotatable bonds is 8. The Bertz CT molecular complexity index is 137. The number of hydrogen-bond acceptors (Lipinski definition) is 2. The summed E-state index contributed by atoms with van der Waals surface area (Å²) in [7, 11) is 2.05. The van der Waals surface area contributed by atoms with Gasteiger partial charge in [-0.1, -0.05) is 27.2 Å². The average molecular weight is 214 g/mol. The van der Waals surface area contributed by atoms with Gasteiger partial charge in [-0.15, -0.1) is 0 Å². The summed E-state index contributed by atoms with van der Waals surface area (Å²) in [5, 5.41) is 3.32. The van der Waals surface area contributed by atoms with Gasteiger partial charge in [-0.05, 0) is 33.2 Å². The van der Waals surface area contributed by atoms with Gasteiger partial charge in [0.1, 0.15) is 0 Å². The fourth-order valence-corrected chi connectivity index (χ4v) is 2.16. The molecule has 0 radical (unpaired) electrons. The van der Waals surface area contributed by atoms with Crippen molar-refractivity contribution in [1.82, 2.24) is 10.2 Å². The lowest BCUT2D eigenvalue weighted by molar-refractivity contribution is 0.126. The second kappa shape index (κ2) is 8.12. The van der Waals surface area contributed by atoms with Crippen molar-refractivity contribution in [3.8, 4) is 0 Å². The van der Waals surface area contributed by atoms with E-state index in [1.807, 2.05) is 0 Å². The highest BCUT2D eigenvalue weighted by Gasteiger charge is 2.20. The summed E-state index contributed by atoms with van der Waals surface area (Å²) in [5.41, 5.74) is 0. The number of nitrogens with one attached hydrogen (secondary N) is 1. The number of nitrogens with zero attached hydrogens (tertiary/aromatic N) is 1. The van der Waals surface area contributed by atoms with Crippen LogP contribution < -0.4 is 5.32 Å². The molecule has 0 spiro atoms. The highest BCUT2D eigenvalue weighted by molar-refractivity contribution is 4.77. The van der Waals surface area contributed by atoms with Gasteiger partial charge in [-0.25, -0.2) is 0 Å². The van der Waals surface area contributed by atoms with E-state index in [0.717, 1.165) is 12.5 Å². The molecule has 0 aliphatic heterocycles. The fraction of sp³-hybridized carbons (Fsp3) is 1.00. The molecule has 0 aromatic heterocycles. The lowest BCUT2D eigenvalue weighted by Crippen LogP contribution is -2.47. The zero-order valence-electron chi connectivity index (χ0n) is 11.5. The first kappa shape index (κ1) is 14.9. The summed E-state index contributed by atoms with van der Waals surface area (Å²) in [6.07, 6.45) is 2.57. The van der Waals surface area contributed by atoms with Crippen molar-refractivity contribution in [3.05, 3.63) is 0 Å². The zero-order chi connectivity index (χ0) is 11.8. The molecular formula is C13H30N2. The molecule has 0 saturated heterocycles. The van der Waals surface area contributed by atoms with Gasteiger partial charge >= 0.3 is 0 Å². The van der Waals surface area contributed by atoms with Gasteiger partial charge in [0, 0.05) is 25.2 Å². The van der Waals surface area contributed by atoms with Crippen LogP contribution in [-0.2, 0) is 0 Å². The Labute approximate surface area is 96.4 Å². The minimum atomic E-state index is 0.650. The van der Waals surface area contributed by atoms with Gasteiger partial charge in [0.05, 0.1) is 0 Å². The monoisotopic (exact) mass is 214 g/mol. The summed E-state index contributed by atoms with van der Waals surface area (Å²) < 4.78 is 0. The van der Waals surface area contributed by atoms with Crippen LogP contribution in [-0.4, -0.2) is 37.1 Å². The zero-order valence-corrected chi connectivity index (χ0v) is 11.5. The van der Waals surface area contributed by atoms with Gasteiger partial charge in [0.2, 0.25) is 0 Å². The summed E-state index contributed by atoms with van der Waals surface area (Å²) in [6.45, 7) is 13.8. The standard InChI is InChI=1S/C13H30N2/c1-7-8-13(9-14-6)15(12(4)5)10-11(2)3/h11-14H,7-10H2,1-6H3. The lowest BCUT2D eigenvalue weighted by Gasteiger charge is -2.36. The molecule has 1 unspecified atom stereocenters. The molecule has 1 N–H and O–H groups in total. The van der Waals surface area contributed by atoms with E-state index >= 15 is 0 Å². The second-order valence-electron chi connectivity index (χ2n) is 5.18. The van der Waals surface area contributed by atoms with Crippen LogP contribution in [0, 0.1) is 5.92 Å². The summed E-state index contributed by atoms with van der Waals surface area (Å²) in [4.78, 5) is 2.64. The summed E-state index contributed by atoms with van der Waals surface area (Å²) in [5.74, 6) is 0.753. The molecule has 92 valence electrons. The molecular weight excluding hydrogens is 184 g/mol. The average Bonchev–Trinajstić information content (AvgIpc) is 2.13. The summed E-state index contributed by atoms with van der Waals surface area (Å²) in [6, 6.07) is 1.35. The van der Waals surface area contributed by atoms with Crippen LogP contribution in [0.3, 0.4) is 0 Å². The van der Waals surface area contributed by atoms with E-state index in [9.17, 15) is 0 Å². The predicted molar refractivity (Wildman–Crippen MR) is 69.3 cm³/mol. The Kier molecular flexibility index (Phi) is 8.07. The highest BCUT2D eigenvalue weighted by atomic mass is 15.2. The molecule has 0 aromatic carbocycles. The predicted octanol–water partition coefficient (Wildman–Crippen LogP) is 2.74. The van der Waals surface area contributed by atoms with E-state index < -0.39 is 0 Å². The molecule has 0 heterocycles. The third-order valence-electron chi connectivity index (χ3n) is 2.77. The van der Waals surface area contributed by atoms with Crippen LogP contribution in [0.5, 0.6) is 0 Å². The lowest BCUT2D eigenvalue weighted by atomic mass is 10.1. The van der Waals surface area contributed by atoms with Gasteiger partial charge in [0.25, 0.3) is 0 Å². The Morgan fingerprint density at radius 2 is 1.73 bits per heavy atom. The SMILES string of the molecule is CCCC(CNC)N(CC(C)C)C(C)C. The largest absolute Gasteiger partial charge is 0.318 e. The molecule has 0 aliphatic carbocycles. The maximum Gasteiger partial charge on any atom is 0.0223 e. The molecule has 15 heavy (non-hydrogen) atoms. The van der Waals surface area contributed by atoms with E-state index in [4.69, 9.17) is 0 Å². The molecule has 0 aliphatic rings. The molecule has 0 fully saturated rings. The van der Waals surface area contributed by atoms with Crippen molar-refractivity contribution in [1.29, 1.82) is 0 Å². The van der Waals surface area contributed by atoms with Crippen LogP contribution in [0.25, 0.3) is 0 Å². The van der Waals surface area contributed by atoms with Crippen molar-refractivity contribution in [2.24, 2.45) is 5.92 Å². The van der Waals surface area contributed by atoms with E-state index in [-0.39, 0.29) is 0 Å². The van der Waals surface area contributed by atoms with Gasteiger partial charge in [0.15, 0.2) is 0 Å². The molecule has 0 bridgehead atoms. The minimum absolute atomic E-state index is 0.650. The van der Waals surface area contributed by atoms with Crippen molar-refractivity contribution in [3.63, 3.8) is 0 Å². The van der Waals surface area contributed by atoms with E-state index in [1.54, 1.807) is 0 Å². The van der Waals surface area contributed by atoms with Gasteiger partial charge < -0.3 is 5.32 Å². The normalized spacial score (nSPS) is 14.2. The number of likely N-dealkylation sites (N-methyl/N-ethyl adjacent to an activating group) is 1. The third kappa shape index (κ3) is 6.16. The maximum absolute atomic E-state index is 3.32. The second-order valence-corrected chi connectivity index (χ2v) is 5.18. The van der Waals surface area contributed by atoms with E-state index in [0.29, 0.717) is 12.1 Å². The van der Waals surface area contributed by atoms with E-state index in [2.05, 4.69) is 51.9 Å². The van der Waals surface area contributed by atoms with Crippen molar-refractivity contribution in [2.75, 3.05) is 20.1 Å².